The number of halogens is 12. The molecule has 816 valence electrons. The number of aliphatic carboxylic acids is 5. The van der Waals surface area contributed by atoms with Crippen LogP contribution in [0.5, 0.6) is 0 Å². The fourth-order valence-electron chi connectivity index (χ4n) is 16.4. The molecule has 7 saturated heterocycles. The normalized spacial score (nSPS) is 16.7. The van der Waals surface area contributed by atoms with E-state index < -0.39 is 66.6 Å². The van der Waals surface area contributed by atoms with E-state index >= 15 is 0 Å². The van der Waals surface area contributed by atoms with Crippen molar-refractivity contribution < 1.29 is 121 Å². The summed E-state index contributed by atoms with van der Waals surface area (Å²) in [6.45, 7) is 29.1. The van der Waals surface area contributed by atoms with Crippen molar-refractivity contribution in [1.29, 1.82) is 0 Å². The maximum Gasteiger partial charge on any atom is 0.490 e. The molecule has 2 unspecified atom stereocenters. The lowest BCUT2D eigenvalue weighted by Gasteiger charge is -2.35. The molecule has 16 heterocycles. The lowest BCUT2D eigenvalue weighted by atomic mass is 9.98. The number of nitrogens with one attached hydrogen (secondary N) is 5. The number of piperazine rings is 4. The Balaban J connectivity index is 0.000000204. The maximum atomic E-state index is 13.5. The number of pyridine rings is 1. The summed E-state index contributed by atoms with van der Waals surface area (Å²) in [6.07, 6.45) is -13.1. The van der Waals surface area contributed by atoms with Crippen molar-refractivity contribution in [2.75, 3.05) is 184 Å². The number of fused-ring (bicyclic) bond motifs is 4. The van der Waals surface area contributed by atoms with Crippen LogP contribution in [0.4, 0.5) is 100 Å². The van der Waals surface area contributed by atoms with E-state index in [2.05, 4.69) is 113 Å². The first kappa shape index (κ1) is 118. The quantitative estimate of drug-likeness (QED) is 0.0314. The van der Waals surface area contributed by atoms with Gasteiger partial charge in [0.15, 0.2) is 44.7 Å². The second-order valence-electron chi connectivity index (χ2n) is 33.5. The molecule has 7 aliphatic rings. The molecule has 9 aromatic rings. The first-order valence-electron chi connectivity index (χ1n) is 47.1. The minimum Gasteiger partial charge on any atom is -0.480 e. The Hall–Kier alpha value is -15.5. The van der Waals surface area contributed by atoms with Crippen molar-refractivity contribution in [3.63, 3.8) is 0 Å². The molecule has 7 fully saturated rings. The van der Waals surface area contributed by atoms with Gasteiger partial charge in [-0.15, -0.1) is 23.7 Å². The van der Waals surface area contributed by atoms with E-state index in [0.717, 1.165) is 161 Å². The number of carboxylic acids is 5. The summed E-state index contributed by atoms with van der Waals surface area (Å²) < 4.78 is 151. The SMILES string of the molecule is CC#CCn1c(N2CCNCC2)nc2nc(N3CCCC(C(=O)OCC)C3)n(C)c(=O)c21.CC#CCn1c(N2CCNCC2)nc2nc(N3CCCCC3C(=O)OCC)n(C)c(=O)c21.CC#CCn1c(N2CCNCC2)nc2nc(N3CCC[C@H]3C(=O)O)n(C)c(=O)c21.CC#CCn1c(N2CCNCC2)nc2nc(NCc3ccccn3)n(C)c(=O)c21.O=C(O)C(F)(F)F.O=C(O)C(F)(F)F.O=C(O)C(F)(F)F.O=C(O)C(F)(F)F. The molecule has 16 rings (SSSR count). The highest BCUT2D eigenvalue weighted by atomic mass is 19.4. The van der Waals surface area contributed by atoms with Gasteiger partial charge in [0.2, 0.25) is 47.6 Å². The van der Waals surface area contributed by atoms with Crippen LogP contribution in [0.3, 0.4) is 0 Å². The third-order valence-electron chi connectivity index (χ3n) is 23.6. The zero-order chi connectivity index (χ0) is 110. The van der Waals surface area contributed by atoms with E-state index in [-0.39, 0.29) is 40.1 Å². The van der Waals surface area contributed by atoms with Gasteiger partial charge in [0, 0.05) is 165 Å². The second kappa shape index (κ2) is 53.9. The molecule has 0 aliphatic carbocycles. The van der Waals surface area contributed by atoms with Gasteiger partial charge in [-0.1, -0.05) is 29.7 Å². The van der Waals surface area contributed by atoms with Gasteiger partial charge in [-0.05, 0) is 98.6 Å². The number of hydrogen-bond acceptors (Lipinski definition) is 34. The van der Waals surface area contributed by atoms with Crippen molar-refractivity contribution in [3.8, 4) is 47.4 Å². The molecule has 0 amide bonds. The molecule has 150 heavy (non-hydrogen) atoms. The van der Waals surface area contributed by atoms with Crippen LogP contribution in [0.25, 0.3) is 44.7 Å². The number of anilines is 8. The van der Waals surface area contributed by atoms with E-state index in [4.69, 9.17) is 74.0 Å². The van der Waals surface area contributed by atoms with Crippen LogP contribution in [-0.2, 0) is 104 Å². The first-order chi connectivity index (χ1) is 71.1. The van der Waals surface area contributed by atoms with E-state index in [1.807, 2.05) is 53.2 Å². The number of ether oxygens (including phenoxy) is 2. The number of imidazole rings is 4. The predicted molar refractivity (Wildman–Crippen MR) is 523 cm³/mol. The number of piperidine rings is 2. The summed E-state index contributed by atoms with van der Waals surface area (Å²) in [6, 6.07) is 4.60. The van der Waals surface area contributed by atoms with Crippen molar-refractivity contribution in [2.24, 2.45) is 34.1 Å². The summed E-state index contributed by atoms with van der Waals surface area (Å²) in [4.78, 5) is 182. The topological polar surface area (TPSA) is 546 Å². The highest BCUT2D eigenvalue weighted by Crippen LogP contribution is 2.33. The summed E-state index contributed by atoms with van der Waals surface area (Å²) in [5, 5.41) is 54.6. The van der Waals surface area contributed by atoms with Crippen LogP contribution < -0.4 is 83.1 Å². The van der Waals surface area contributed by atoms with Gasteiger partial charge in [0.05, 0.1) is 57.5 Å². The fourth-order valence-corrected chi connectivity index (χ4v) is 16.4. The molecule has 0 aromatic carbocycles. The van der Waals surface area contributed by atoms with Crippen molar-refractivity contribution in [1.82, 2.24) is 103 Å². The number of esters is 2. The Morgan fingerprint density at radius 2 is 0.693 bits per heavy atom. The van der Waals surface area contributed by atoms with Gasteiger partial charge in [-0.3, -0.25) is 65.5 Å². The number of carboxylic acid groups (broad SMARTS) is 5. The average molecular weight is 2130 g/mol. The molecular weight excluding hydrogens is 2020 g/mol. The van der Waals surface area contributed by atoms with Gasteiger partial charge in [-0.25, -0.2) is 28.8 Å². The van der Waals surface area contributed by atoms with Gasteiger partial charge in [-0.2, -0.15) is 92.6 Å². The predicted octanol–water partition coefficient (Wildman–Crippen LogP) is 3.55. The summed E-state index contributed by atoms with van der Waals surface area (Å²) in [7, 11) is 6.77. The summed E-state index contributed by atoms with van der Waals surface area (Å²) >= 11 is 0. The third kappa shape index (κ3) is 30.4. The molecule has 59 heteroatoms. The lowest BCUT2D eigenvalue weighted by Crippen LogP contribution is -2.48. The Morgan fingerprint density at radius 1 is 0.387 bits per heavy atom. The third-order valence-corrected chi connectivity index (χ3v) is 23.6. The Bertz CT molecular complexity index is 6690. The molecule has 0 saturated carbocycles. The first-order valence-corrected chi connectivity index (χ1v) is 47.1. The van der Waals surface area contributed by atoms with Crippen molar-refractivity contribution in [3.05, 3.63) is 71.5 Å². The molecular formula is C91H115F12N29O18. The number of carbonyl (C=O) groups excluding carboxylic acids is 2. The lowest BCUT2D eigenvalue weighted by molar-refractivity contribution is -0.193. The fraction of sp³-hybridized carbons (Fsp3) is 0.560. The number of rotatable bonds is 19. The van der Waals surface area contributed by atoms with Crippen LogP contribution in [-0.4, -0.2) is 330 Å². The number of alkyl halides is 12. The van der Waals surface area contributed by atoms with Gasteiger partial charge >= 0.3 is 66.5 Å². The molecule has 0 bridgehead atoms. The smallest absolute Gasteiger partial charge is 0.480 e. The molecule has 10 N–H and O–H groups in total. The number of aromatic nitrogens is 17. The summed E-state index contributed by atoms with van der Waals surface area (Å²) in [5.41, 5.74) is 3.50. The number of nitrogens with zero attached hydrogens (tertiary/aromatic N) is 24. The molecule has 0 spiro atoms. The van der Waals surface area contributed by atoms with Crippen LogP contribution in [0.1, 0.15) is 92.2 Å². The molecule has 47 nitrogen and oxygen atoms in total. The maximum absolute atomic E-state index is 13.5. The Kier molecular flexibility index (Phi) is 42.4. The molecule has 7 aliphatic heterocycles. The minimum absolute atomic E-state index is 0.148. The molecule has 3 atom stereocenters. The van der Waals surface area contributed by atoms with Crippen molar-refractivity contribution in [2.45, 2.75) is 156 Å². The zero-order valence-corrected chi connectivity index (χ0v) is 83.4. The van der Waals surface area contributed by atoms with Crippen LogP contribution in [0.2, 0.25) is 0 Å². The Labute approximate surface area is 847 Å². The average Bonchev–Trinajstić information content (AvgIpc) is 1.60. The van der Waals surface area contributed by atoms with Crippen molar-refractivity contribution >= 4 is 134 Å². The van der Waals surface area contributed by atoms with E-state index in [1.165, 1.54) is 13.7 Å². The number of hydrogen-bond donors (Lipinski definition) is 10. The molecule has 9 aromatic heterocycles. The Morgan fingerprint density at radius 3 is 1.03 bits per heavy atom. The molecule has 0 radical (unpaired) electrons. The highest BCUT2D eigenvalue weighted by molar-refractivity contribution is 5.84. The van der Waals surface area contributed by atoms with Gasteiger partial charge in [0.1, 0.15) is 12.1 Å². The monoisotopic (exact) mass is 2130 g/mol. The van der Waals surface area contributed by atoms with E-state index in [0.29, 0.717) is 159 Å². The van der Waals surface area contributed by atoms with E-state index in [1.54, 1.807) is 78.5 Å². The van der Waals surface area contributed by atoms with Crippen LogP contribution in [0, 0.1) is 53.3 Å². The zero-order valence-electron chi connectivity index (χ0n) is 83.4. The van der Waals surface area contributed by atoms with Gasteiger partial charge < -0.3 is 95.9 Å². The van der Waals surface area contributed by atoms with Gasteiger partial charge in [0.25, 0.3) is 22.2 Å². The second-order valence-corrected chi connectivity index (χ2v) is 33.5. The van der Waals surface area contributed by atoms with E-state index in [9.17, 15) is 91.4 Å². The standard InChI is InChI=1S/2C22H31N7O3.C20H24N8O.C19H25N7O3.4C2HF3O2/c1-4-6-12-29-17-18(25-22(29)27-13-9-23-10-14-27)24-21(26(3)19(17)30)28-11-7-8-16(15-28)20(31)32-5-2;1-4-6-12-29-17-18(25-22(29)27-14-10-23-11-15-27)24-21(26(3)19(17)30)28-13-8-7-9-16(28)20(31)32-5-2;1-3-4-11-28-16-17(25-20(28)27-12-9-21-10-13-27)24-19(26(2)18(16)29)23-14-15-7-5-6-8-22-15;1-3-4-9-26-14-15(22-19(26)24-11-7-20-8-12-24)21-18(23(2)16(14)27)25-10-5-6-13(25)17(28)29;4*3-2(4,5)1(6)7/h2*16,23H,5,7-15H2,1-3H3;5-8,21H,9-14H2,1-2H3,(H,23,24);13,20H,5-12H2,1-2H3,(H,28,29);4*(H,6,7)/t;;;13-;;;;/m...0..../s1. The van der Waals surface area contributed by atoms with Crippen LogP contribution in [0.15, 0.2) is 43.6 Å². The minimum atomic E-state index is -5.08. The summed E-state index contributed by atoms with van der Waals surface area (Å²) in [5.74, 6) is 15.9. The largest absolute Gasteiger partial charge is 0.490 e. The van der Waals surface area contributed by atoms with Crippen LogP contribution >= 0.6 is 0 Å². The number of carbonyl (C=O) groups is 7. The highest BCUT2D eigenvalue weighted by Gasteiger charge is 2.43.